The predicted molar refractivity (Wildman–Crippen MR) is 90.7 cm³/mol. The van der Waals surface area contributed by atoms with Gasteiger partial charge in [-0.15, -0.1) is 0 Å². The van der Waals surface area contributed by atoms with E-state index in [1.165, 1.54) is 36.9 Å². The Hall–Kier alpha value is -1.09. The van der Waals surface area contributed by atoms with Crippen LogP contribution in [0.1, 0.15) is 54.7 Å². The maximum Gasteiger partial charge on any atom is 0.0627 e. The van der Waals surface area contributed by atoms with E-state index in [0.29, 0.717) is 16.8 Å². The maximum atomic E-state index is 4.80. The molecule has 0 bridgehead atoms. The van der Waals surface area contributed by atoms with Crippen molar-refractivity contribution in [2.45, 2.75) is 49.9 Å². The van der Waals surface area contributed by atoms with Crippen LogP contribution >= 0.6 is 15.9 Å². The molecular weight excluding hydrogens is 324 g/mol. The number of rotatable bonds is 5. The molecule has 0 N–H and O–H groups in total. The molecule has 0 radical (unpaired) electrons. The van der Waals surface area contributed by atoms with E-state index in [1.54, 1.807) is 0 Å². The van der Waals surface area contributed by atoms with Gasteiger partial charge in [-0.1, -0.05) is 66.0 Å². The van der Waals surface area contributed by atoms with E-state index in [0.717, 1.165) is 6.42 Å². The molecule has 1 aromatic carbocycles. The van der Waals surface area contributed by atoms with Crippen LogP contribution in [0.4, 0.5) is 0 Å². The Morgan fingerprint density at radius 2 is 1.90 bits per heavy atom. The Morgan fingerprint density at radius 3 is 2.62 bits per heavy atom. The summed E-state index contributed by atoms with van der Waals surface area (Å²) in [6, 6.07) is 13.5. The van der Waals surface area contributed by atoms with E-state index >= 15 is 0 Å². The summed E-state index contributed by atoms with van der Waals surface area (Å²) in [6.45, 7) is 2.29. The third-order valence-corrected chi connectivity index (χ3v) is 5.94. The lowest BCUT2D eigenvalue weighted by molar-refractivity contribution is 0.457. The van der Waals surface area contributed by atoms with Crippen LogP contribution in [-0.2, 0) is 6.42 Å². The maximum absolute atomic E-state index is 4.80. The van der Waals surface area contributed by atoms with Crippen LogP contribution in [0.2, 0.25) is 0 Å². The van der Waals surface area contributed by atoms with Gasteiger partial charge >= 0.3 is 0 Å². The van der Waals surface area contributed by atoms with Crippen molar-refractivity contribution in [1.82, 2.24) is 9.78 Å². The summed E-state index contributed by atoms with van der Waals surface area (Å²) in [5.74, 6) is 0.527. The highest BCUT2D eigenvalue weighted by Gasteiger charge is 2.20. The fourth-order valence-corrected chi connectivity index (χ4v) is 3.75. The summed E-state index contributed by atoms with van der Waals surface area (Å²) in [4.78, 5) is 0.385. The van der Waals surface area contributed by atoms with Crippen LogP contribution in [0.15, 0.2) is 42.6 Å². The molecule has 1 saturated carbocycles. The Morgan fingerprint density at radius 1 is 1.19 bits per heavy atom. The number of alkyl halides is 1. The topological polar surface area (TPSA) is 17.8 Å². The SMILES string of the molecule is CC(Cc1ccn(C2CCCC2)n1)C(Br)c1ccccc1. The molecule has 1 fully saturated rings. The molecule has 1 aliphatic carbocycles. The molecule has 0 amide bonds. The number of halogens is 1. The zero-order valence-corrected chi connectivity index (χ0v) is 14.2. The van der Waals surface area contributed by atoms with Crippen LogP contribution in [-0.4, -0.2) is 9.78 Å². The largest absolute Gasteiger partial charge is 0.269 e. The van der Waals surface area contributed by atoms with E-state index in [9.17, 15) is 0 Å². The monoisotopic (exact) mass is 346 g/mol. The van der Waals surface area contributed by atoms with Crippen molar-refractivity contribution in [2.24, 2.45) is 5.92 Å². The second-order valence-corrected chi connectivity index (χ2v) is 7.21. The molecule has 2 nitrogen and oxygen atoms in total. The van der Waals surface area contributed by atoms with E-state index in [4.69, 9.17) is 5.10 Å². The van der Waals surface area contributed by atoms with Crippen molar-refractivity contribution in [3.05, 3.63) is 53.9 Å². The van der Waals surface area contributed by atoms with Crippen molar-refractivity contribution < 1.29 is 0 Å². The van der Waals surface area contributed by atoms with Gasteiger partial charge in [-0.2, -0.15) is 5.10 Å². The van der Waals surface area contributed by atoms with Crippen LogP contribution in [0, 0.1) is 5.92 Å². The molecule has 2 atom stereocenters. The summed E-state index contributed by atoms with van der Waals surface area (Å²) in [6.07, 6.45) is 8.49. The van der Waals surface area contributed by atoms with Crippen molar-refractivity contribution in [2.75, 3.05) is 0 Å². The summed E-state index contributed by atoms with van der Waals surface area (Å²) >= 11 is 3.85. The van der Waals surface area contributed by atoms with Gasteiger partial charge in [0, 0.05) is 11.0 Å². The molecule has 1 heterocycles. The van der Waals surface area contributed by atoms with Crippen molar-refractivity contribution in [3.8, 4) is 0 Å². The molecule has 2 aromatic rings. The third kappa shape index (κ3) is 3.57. The zero-order chi connectivity index (χ0) is 14.7. The van der Waals surface area contributed by atoms with Gasteiger partial charge in [-0.3, -0.25) is 4.68 Å². The van der Waals surface area contributed by atoms with Crippen LogP contribution in [0.5, 0.6) is 0 Å². The fraction of sp³-hybridized carbons (Fsp3) is 0.500. The number of nitrogens with zero attached hydrogens (tertiary/aromatic N) is 2. The molecule has 0 aliphatic heterocycles. The van der Waals surface area contributed by atoms with E-state index in [1.807, 2.05) is 0 Å². The molecule has 2 unspecified atom stereocenters. The first-order chi connectivity index (χ1) is 10.2. The minimum absolute atomic E-state index is 0.385. The van der Waals surface area contributed by atoms with Crippen LogP contribution in [0.3, 0.4) is 0 Å². The van der Waals surface area contributed by atoms with Gasteiger partial charge in [0.1, 0.15) is 0 Å². The predicted octanol–water partition coefficient (Wildman–Crippen LogP) is 5.31. The Kier molecular flexibility index (Phi) is 4.79. The summed E-state index contributed by atoms with van der Waals surface area (Å²) in [7, 11) is 0. The van der Waals surface area contributed by atoms with Crippen molar-refractivity contribution >= 4 is 15.9 Å². The zero-order valence-electron chi connectivity index (χ0n) is 12.6. The number of benzene rings is 1. The van der Waals surface area contributed by atoms with E-state index in [-0.39, 0.29) is 0 Å². The minimum Gasteiger partial charge on any atom is -0.269 e. The molecular formula is C18H23BrN2. The average molecular weight is 347 g/mol. The summed E-state index contributed by atoms with van der Waals surface area (Å²) in [5, 5.41) is 4.80. The highest BCUT2D eigenvalue weighted by Crippen LogP contribution is 2.33. The number of hydrogen-bond donors (Lipinski definition) is 0. The normalized spacial score (nSPS) is 18.8. The smallest absolute Gasteiger partial charge is 0.0627 e. The van der Waals surface area contributed by atoms with Crippen molar-refractivity contribution in [1.29, 1.82) is 0 Å². The van der Waals surface area contributed by atoms with E-state index < -0.39 is 0 Å². The lowest BCUT2D eigenvalue weighted by atomic mass is 9.96. The molecule has 112 valence electrons. The van der Waals surface area contributed by atoms with E-state index in [2.05, 4.69) is 70.1 Å². The van der Waals surface area contributed by atoms with Gasteiger partial charge in [-0.05, 0) is 36.8 Å². The standard InChI is InChI=1S/C18H23BrN2/c1-14(18(19)15-7-3-2-4-8-15)13-16-11-12-21(20-16)17-9-5-6-10-17/h2-4,7-8,11-12,14,17-18H,5-6,9-10,13H2,1H3. The van der Waals surface area contributed by atoms with Crippen molar-refractivity contribution in [3.63, 3.8) is 0 Å². The van der Waals surface area contributed by atoms with Gasteiger partial charge in [0.2, 0.25) is 0 Å². The van der Waals surface area contributed by atoms with Crippen LogP contribution in [0.25, 0.3) is 0 Å². The van der Waals surface area contributed by atoms with Gasteiger partial charge in [-0.25, -0.2) is 0 Å². The first kappa shape index (κ1) is 14.8. The quantitative estimate of drug-likeness (QED) is 0.670. The summed E-state index contributed by atoms with van der Waals surface area (Å²) in [5.41, 5.74) is 2.56. The Balaban J connectivity index is 1.63. The molecule has 3 heteroatoms. The third-order valence-electron chi connectivity index (χ3n) is 4.51. The Labute approximate surface area is 135 Å². The average Bonchev–Trinajstić information content (AvgIpc) is 3.18. The first-order valence-corrected chi connectivity index (χ1v) is 8.88. The first-order valence-electron chi connectivity index (χ1n) is 7.97. The molecule has 3 rings (SSSR count). The number of hydrogen-bond acceptors (Lipinski definition) is 1. The molecule has 0 spiro atoms. The van der Waals surface area contributed by atoms with Gasteiger partial charge in [0.25, 0.3) is 0 Å². The van der Waals surface area contributed by atoms with Gasteiger partial charge < -0.3 is 0 Å². The highest BCUT2D eigenvalue weighted by molar-refractivity contribution is 9.09. The number of aromatic nitrogens is 2. The highest BCUT2D eigenvalue weighted by atomic mass is 79.9. The second-order valence-electron chi connectivity index (χ2n) is 6.22. The van der Waals surface area contributed by atoms with Gasteiger partial charge in [0.15, 0.2) is 0 Å². The second kappa shape index (κ2) is 6.78. The van der Waals surface area contributed by atoms with Gasteiger partial charge in [0.05, 0.1) is 11.7 Å². The minimum atomic E-state index is 0.385. The molecule has 21 heavy (non-hydrogen) atoms. The summed E-state index contributed by atoms with van der Waals surface area (Å²) < 4.78 is 2.20. The molecule has 0 saturated heterocycles. The van der Waals surface area contributed by atoms with Crippen LogP contribution < -0.4 is 0 Å². The lowest BCUT2D eigenvalue weighted by Gasteiger charge is -2.18. The lowest BCUT2D eigenvalue weighted by Crippen LogP contribution is -2.09. The molecule has 1 aromatic heterocycles. The molecule has 1 aliphatic rings. The Bertz CT molecular complexity index is 558. The fourth-order valence-electron chi connectivity index (χ4n) is 3.26.